The van der Waals surface area contributed by atoms with Crippen molar-refractivity contribution >= 4 is 29.1 Å². The Balaban J connectivity index is 1.45. The minimum atomic E-state index is -0.166. The minimum absolute atomic E-state index is 0.0119. The summed E-state index contributed by atoms with van der Waals surface area (Å²) in [6, 6.07) is 13.7. The van der Waals surface area contributed by atoms with Crippen LogP contribution in [0.15, 0.2) is 42.5 Å². The van der Waals surface area contributed by atoms with Gasteiger partial charge in [0.15, 0.2) is 0 Å². The number of carbonyl (C=O) groups excluding carboxylic acids is 3. The van der Waals surface area contributed by atoms with Gasteiger partial charge in [0.1, 0.15) is 0 Å². The summed E-state index contributed by atoms with van der Waals surface area (Å²) in [5.74, 6) is -0.0889. The molecule has 0 aromatic heterocycles. The number of aryl methyl sites for hydroxylation is 2. The van der Waals surface area contributed by atoms with E-state index in [4.69, 9.17) is 0 Å². The van der Waals surface area contributed by atoms with Gasteiger partial charge in [0.25, 0.3) is 0 Å². The summed E-state index contributed by atoms with van der Waals surface area (Å²) in [6.45, 7) is 1.85. The summed E-state index contributed by atoms with van der Waals surface area (Å²) in [7, 11) is 0. The molecule has 1 atom stereocenters. The van der Waals surface area contributed by atoms with E-state index in [1.54, 1.807) is 12.1 Å². The van der Waals surface area contributed by atoms with Crippen molar-refractivity contribution in [2.75, 3.05) is 10.2 Å². The molecule has 1 heterocycles. The molecule has 3 amide bonds. The third-order valence-electron chi connectivity index (χ3n) is 5.70. The van der Waals surface area contributed by atoms with Crippen molar-refractivity contribution in [3.05, 3.63) is 59.2 Å². The third-order valence-corrected chi connectivity index (χ3v) is 5.70. The van der Waals surface area contributed by atoms with E-state index in [-0.39, 0.29) is 36.5 Å². The molecule has 0 radical (unpaired) electrons. The van der Waals surface area contributed by atoms with Gasteiger partial charge in [-0.05, 0) is 67.0 Å². The molecule has 0 bridgehead atoms. The lowest BCUT2D eigenvalue weighted by Gasteiger charge is -2.25. The predicted octanol–water partition coefficient (Wildman–Crippen LogP) is 4.10. The van der Waals surface area contributed by atoms with Gasteiger partial charge in [-0.3, -0.25) is 19.3 Å². The molecule has 1 fully saturated rings. The third kappa shape index (κ3) is 3.57. The molecule has 28 heavy (non-hydrogen) atoms. The topological polar surface area (TPSA) is 66.5 Å². The number of benzene rings is 2. The Hall–Kier alpha value is -2.95. The highest BCUT2D eigenvalue weighted by molar-refractivity contribution is 6.20. The fourth-order valence-corrected chi connectivity index (χ4v) is 4.33. The van der Waals surface area contributed by atoms with Gasteiger partial charge in [-0.1, -0.05) is 24.3 Å². The van der Waals surface area contributed by atoms with Crippen LogP contribution in [0.25, 0.3) is 0 Å². The number of carbonyl (C=O) groups is 3. The van der Waals surface area contributed by atoms with E-state index in [0.29, 0.717) is 17.8 Å². The molecule has 0 unspecified atom stereocenters. The van der Waals surface area contributed by atoms with E-state index >= 15 is 0 Å². The molecule has 0 saturated carbocycles. The van der Waals surface area contributed by atoms with Crippen LogP contribution in [-0.4, -0.2) is 17.7 Å². The molecule has 2 aromatic rings. The zero-order valence-electron chi connectivity index (χ0n) is 16.0. The van der Waals surface area contributed by atoms with Crippen LogP contribution in [0.5, 0.6) is 0 Å². The van der Waals surface area contributed by atoms with Crippen LogP contribution in [0, 0.1) is 6.92 Å². The average Bonchev–Trinajstić information content (AvgIpc) is 3.01. The zero-order chi connectivity index (χ0) is 19.7. The molecular weight excluding hydrogens is 352 g/mol. The number of imide groups is 1. The molecule has 2 aliphatic rings. The monoisotopic (exact) mass is 376 g/mol. The van der Waals surface area contributed by atoms with Gasteiger partial charge < -0.3 is 5.32 Å². The first kappa shape index (κ1) is 18.4. The van der Waals surface area contributed by atoms with Crippen LogP contribution < -0.4 is 10.2 Å². The van der Waals surface area contributed by atoms with E-state index < -0.39 is 0 Å². The smallest absolute Gasteiger partial charge is 0.234 e. The van der Waals surface area contributed by atoms with Gasteiger partial charge in [0, 0.05) is 24.9 Å². The average molecular weight is 376 g/mol. The van der Waals surface area contributed by atoms with Crippen LogP contribution in [0.4, 0.5) is 11.4 Å². The minimum Gasteiger partial charge on any atom is -0.326 e. The van der Waals surface area contributed by atoms with E-state index in [2.05, 4.69) is 23.5 Å². The summed E-state index contributed by atoms with van der Waals surface area (Å²) in [6.07, 6.45) is 4.21. The van der Waals surface area contributed by atoms with Crippen molar-refractivity contribution in [2.24, 2.45) is 0 Å². The highest BCUT2D eigenvalue weighted by Crippen LogP contribution is 2.34. The van der Waals surface area contributed by atoms with E-state index in [1.807, 2.05) is 19.1 Å². The van der Waals surface area contributed by atoms with Crippen molar-refractivity contribution in [1.29, 1.82) is 0 Å². The van der Waals surface area contributed by atoms with Gasteiger partial charge in [0.2, 0.25) is 17.7 Å². The largest absolute Gasteiger partial charge is 0.326 e. The number of hydrogen-bond acceptors (Lipinski definition) is 3. The number of nitrogens with zero attached hydrogens (tertiary/aromatic N) is 1. The Kier molecular flexibility index (Phi) is 4.99. The van der Waals surface area contributed by atoms with Gasteiger partial charge >= 0.3 is 0 Å². The molecule has 1 aliphatic heterocycles. The maximum atomic E-state index is 12.6. The second kappa shape index (κ2) is 7.58. The van der Waals surface area contributed by atoms with Gasteiger partial charge in [-0.2, -0.15) is 0 Å². The second-order valence-corrected chi connectivity index (χ2v) is 7.66. The number of nitrogens with one attached hydrogen (secondary N) is 1. The second-order valence-electron chi connectivity index (χ2n) is 7.66. The van der Waals surface area contributed by atoms with Crippen LogP contribution >= 0.6 is 0 Å². The van der Waals surface area contributed by atoms with Crippen molar-refractivity contribution in [3.8, 4) is 0 Å². The van der Waals surface area contributed by atoms with Crippen molar-refractivity contribution in [1.82, 2.24) is 0 Å². The summed E-state index contributed by atoms with van der Waals surface area (Å²) >= 11 is 0. The summed E-state index contributed by atoms with van der Waals surface area (Å²) in [5, 5.41) is 2.97. The molecule has 2 aromatic carbocycles. The number of amides is 3. The molecule has 144 valence electrons. The van der Waals surface area contributed by atoms with Crippen molar-refractivity contribution < 1.29 is 14.4 Å². The zero-order valence-corrected chi connectivity index (χ0v) is 16.0. The SMILES string of the molecule is Cc1cc(NC(=O)C[C@@H]2CCCc3ccccc32)ccc1N1C(=O)CCC1=O. The standard InChI is InChI=1S/C23H24N2O3/c1-15-13-18(9-10-20(15)25-22(27)11-12-23(25)28)24-21(26)14-17-7-4-6-16-5-2-3-8-19(16)17/h2-3,5,8-10,13,17H,4,6-7,11-12,14H2,1H3,(H,24,26)/t17-/m0/s1. The molecule has 1 saturated heterocycles. The summed E-state index contributed by atoms with van der Waals surface area (Å²) in [5.41, 5.74) is 4.73. The van der Waals surface area contributed by atoms with Crippen LogP contribution in [0.2, 0.25) is 0 Å². The quantitative estimate of drug-likeness (QED) is 0.817. The molecule has 5 nitrogen and oxygen atoms in total. The molecule has 4 rings (SSSR count). The van der Waals surface area contributed by atoms with E-state index in [9.17, 15) is 14.4 Å². The normalized spacial score (nSPS) is 18.9. The lowest BCUT2D eigenvalue weighted by Crippen LogP contribution is -2.29. The number of hydrogen-bond donors (Lipinski definition) is 1. The molecule has 1 N–H and O–H groups in total. The maximum Gasteiger partial charge on any atom is 0.234 e. The van der Waals surface area contributed by atoms with Crippen molar-refractivity contribution in [3.63, 3.8) is 0 Å². The van der Waals surface area contributed by atoms with Gasteiger partial charge in [-0.15, -0.1) is 0 Å². The molecule has 1 aliphatic carbocycles. The van der Waals surface area contributed by atoms with Gasteiger partial charge in [0.05, 0.1) is 5.69 Å². The van der Waals surface area contributed by atoms with E-state index in [0.717, 1.165) is 24.8 Å². The fourth-order valence-electron chi connectivity index (χ4n) is 4.33. The molecule has 5 heteroatoms. The highest BCUT2D eigenvalue weighted by atomic mass is 16.2. The number of anilines is 2. The van der Waals surface area contributed by atoms with Crippen molar-refractivity contribution in [2.45, 2.75) is 51.4 Å². The first-order chi connectivity index (χ1) is 13.5. The maximum absolute atomic E-state index is 12.6. The Morgan fingerprint density at radius 2 is 1.82 bits per heavy atom. The highest BCUT2D eigenvalue weighted by Gasteiger charge is 2.31. The predicted molar refractivity (Wildman–Crippen MR) is 108 cm³/mol. The lowest BCUT2D eigenvalue weighted by atomic mass is 9.81. The Labute approximate surface area is 164 Å². The van der Waals surface area contributed by atoms with Gasteiger partial charge in [-0.25, -0.2) is 0 Å². The van der Waals surface area contributed by atoms with Crippen LogP contribution in [0.3, 0.4) is 0 Å². The van der Waals surface area contributed by atoms with Crippen LogP contribution in [0.1, 0.15) is 54.7 Å². The Morgan fingerprint density at radius 3 is 2.57 bits per heavy atom. The Morgan fingerprint density at radius 1 is 1.07 bits per heavy atom. The Bertz CT molecular complexity index is 935. The first-order valence-electron chi connectivity index (χ1n) is 9.87. The van der Waals surface area contributed by atoms with E-state index in [1.165, 1.54) is 16.0 Å². The molecule has 0 spiro atoms. The number of fused-ring (bicyclic) bond motifs is 1. The fraction of sp³-hybridized carbons (Fsp3) is 0.348. The first-order valence-corrected chi connectivity index (χ1v) is 9.87. The lowest BCUT2D eigenvalue weighted by molar-refractivity contribution is -0.121. The van der Waals surface area contributed by atoms with Crippen LogP contribution in [-0.2, 0) is 20.8 Å². The number of rotatable bonds is 4. The molecular formula is C23H24N2O3. The summed E-state index contributed by atoms with van der Waals surface area (Å²) < 4.78 is 0. The summed E-state index contributed by atoms with van der Waals surface area (Å²) in [4.78, 5) is 37.8.